The van der Waals surface area contributed by atoms with Crippen LogP contribution in [0.3, 0.4) is 0 Å². The summed E-state index contributed by atoms with van der Waals surface area (Å²) in [6, 6.07) is 4.66. The Morgan fingerprint density at radius 1 is 1.33 bits per heavy atom. The molecule has 0 aliphatic carbocycles. The molecule has 0 saturated heterocycles. The van der Waals surface area contributed by atoms with Crippen LogP contribution in [-0.4, -0.2) is 9.97 Å². The van der Waals surface area contributed by atoms with Gasteiger partial charge in [-0.2, -0.15) is 23.4 Å². The molecule has 0 spiro atoms. The highest BCUT2D eigenvalue weighted by molar-refractivity contribution is 6.32. The van der Waals surface area contributed by atoms with Crippen molar-refractivity contribution in [1.82, 2.24) is 9.97 Å². The van der Waals surface area contributed by atoms with Gasteiger partial charge < -0.3 is 11.1 Å². The third-order valence-electron chi connectivity index (χ3n) is 2.47. The number of halogens is 4. The van der Waals surface area contributed by atoms with Gasteiger partial charge in [-0.25, -0.2) is 4.98 Å². The number of nitriles is 1. The van der Waals surface area contributed by atoms with Crippen LogP contribution in [0.4, 0.5) is 30.6 Å². The molecular formula is C12H7ClF3N5. The summed E-state index contributed by atoms with van der Waals surface area (Å²) in [4.78, 5) is 7.42. The van der Waals surface area contributed by atoms with Crippen LogP contribution in [0.15, 0.2) is 24.4 Å². The predicted octanol–water partition coefficient (Wildman–Crippen LogP) is 3.35. The number of alkyl halides is 3. The zero-order chi connectivity index (χ0) is 15.6. The molecule has 9 heteroatoms. The fraction of sp³-hybridized carbons (Fsp3) is 0.0833. The Morgan fingerprint density at radius 2 is 2.05 bits per heavy atom. The molecule has 0 fully saturated rings. The van der Waals surface area contributed by atoms with E-state index in [1.165, 1.54) is 18.3 Å². The SMILES string of the molecule is N#Cc1ccc(Nc2nc(N)ncc2Cl)cc1C(F)(F)F. The number of nitrogen functional groups attached to an aromatic ring is 1. The van der Waals surface area contributed by atoms with Gasteiger partial charge in [0.25, 0.3) is 0 Å². The van der Waals surface area contributed by atoms with Gasteiger partial charge in [0.15, 0.2) is 5.82 Å². The fourth-order valence-corrected chi connectivity index (χ4v) is 1.70. The van der Waals surface area contributed by atoms with E-state index < -0.39 is 17.3 Å². The minimum absolute atomic E-state index is 0.0707. The minimum atomic E-state index is -4.64. The van der Waals surface area contributed by atoms with E-state index in [1.807, 2.05) is 0 Å². The molecule has 5 nitrogen and oxygen atoms in total. The van der Waals surface area contributed by atoms with E-state index in [1.54, 1.807) is 0 Å². The summed E-state index contributed by atoms with van der Waals surface area (Å²) in [5.74, 6) is -0.00594. The highest BCUT2D eigenvalue weighted by atomic mass is 35.5. The van der Waals surface area contributed by atoms with Gasteiger partial charge in [-0.15, -0.1) is 0 Å². The first kappa shape index (κ1) is 14.9. The van der Waals surface area contributed by atoms with Crippen molar-refractivity contribution in [2.75, 3.05) is 11.1 Å². The van der Waals surface area contributed by atoms with E-state index in [9.17, 15) is 13.2 Å². The van der Waals surface area contributed by atoms with Crippen LogP contribution in [-0.2, 0) is 6.18 Å². The average molecular weight is 314 g/mol. The van der Waals surface area contributed by atoms with Gasteiger partial charge >= 0.3 is 6.18 Å². The topological polar surface area (TPSA) is 87.6 Å². The maximum atomic E-state index is 12.8. The molecule has 0 atom stereocenters. The highest BCUT2D eigenvalue weighted by Gasteiger charge is 2.33. The van der Waals surface area contributed by atoms with Gasteiger partial charge in [-0.3, -0.25) is 0 Å². The Kier molecular flexibility index (Phi) is 3.86. The van der Waals surface area contributed by atoms with Gasteiger partial charge in [-0.05, 0) is 18.2 Å². The lowest BCUT2D eigenvalue weighted by atomic mass is 10.1. The Hall–Kier alpha value is -2.53. The molecule has 1 heterocycles. The molecule has 3 N–H and O–H groups in total. The Labute approximate surface area is 122 Å². The van der Waals surface area contributed by atoms with E-state index in [2.05, 4.69) is 15.3 Å². The zero-order valence-corrected chi connectivity index (χ0v) is 11.0. The zero-order valence-electron chi connectivity index (χ0n) is 10.2. The second-order valence-electron chi connectivity index (χ2n) is 3.92. The quantitative estimate of drug-likeness (QED) is 0.887. The van der Waals surface area contributed by atoms with Gasteiger partial charge in [0.1, 0.15) is 5.02 Å². The van der Waals surface area contributed by atoms with Crippen molar-refractivity contribution in [3.8, 4) is 6.07 Å². The number of hydrogen-bond donors (Lipinski definition) is 2. The van der Waals surface area contributed by atoms with E-state index in [4.69, 9.17) is 22.6 Å². The lowest BCUT2D eigenvalue weighted by Gasteiger charge is -2.12. The standard InChI is InChI=1S/C12H7ClF3N5/c13-9-5-19-11(18)21-10(9)20-7-2-1-6(4-17)8(3-7)12(14,15)16/h1-3,5H,(H3,18,19,20,21). The van der Waals surface area contributed by atoms with Gasteiger partial charge in [0, 0.05) is 5.69 Å². The van der Waals surface area contributed by atoms with E-state index in [0.29, 0.717) is 0 Å². The molecule has 21 heavy (non-hydrogen) atoms. The molecule has 0 radical (unpaired) electrons. The first-order chi connectivity index (χ1) is 9.81. The largest absolute Gasteiger partial charge is 0.417 e. The smallest absolute Gasteiger partial charge is 0.368 e. The lowest BCUT2D eigenvalue weighted by molar-refractivity contribution is -0.137. The molecule has 0 aliphatic heterocycles. The molecule has 0 unspecified atom stereocenters. The van der Waals surface area contributed by atoms with Crippen LogP contribution in [0.2, 0.25) is 5.02 Å². The normalized spacial score (nSPS) is 11.0. The van der Waals surface area contributed by atoms with Gasteiger partial charge in [0.05, 0.1) is 23.4 Å². The van der Waals surface area contributed by atoms with Crippen molar-refractivity contribution in [3.63, 3.8) is 0 Å². The van der Waals surface area contributed by atoms with Crippen molar-refractivity contribution >= 4 is 29.1 Å². The van der Waals surface area contributed by atoms with Crippen molar-refractivity contribution in [2.45, 2.75) is 6.18 Å². The molecule has 1 aromatic heterocycles. The van der Waals surface area contributed by atoms with E-state index in [0.717, 1.165) is 12.1 Å². The number of nitrogens with two attached hydrogens (primary N) is 1. The number of nitrogens with one attached hydrogen (secondary N) is 1. The Balaban J connectivity index is 2.42. The third-order valence-corrected chi connectivity index (χ3v) is 2.75. The Bertz CT molecular complexity index is 724. The summed E-state index contributed by atoms with van der Waals surface area (Å²) in [7, 11) is 0. The van der Waals surface area contributed by atoms with Crippen LogP contribution in [0.25, 0.3) is 0 Å². The summed E-state index contributed by atoms with van der Waals surface area (Å²) in [6.45, 7) is 0. The molecule has 0 aliphatic rings. The summed E-state index contributed by atoms with van der Waals surface area (Å²) in [5.41, 5.74) is 3.93. The summed E-state index contributed by atoms with van der Waals surface area (Å²) >= 11 is 5.82. The van der Waals surface area contributed by atoms with Crippen LogP contribution in [0.5, 0.6) is 0 Å². The molecule has 2 aromatic rings. The van der Waals surface area contributed by atoms with Crippen LogP contribution < -0.4 is 11.1 Å². The minimum Gasteiger partial charge on any atom is -0.368 e. The third kappa shape index (κ3) is 3.32. The maximum Gasteiger partial charge on any atom is 0.417 e. The monoisotopic (exact) mass is 313 g/mol. The summed E-state index contributed by atoms with van der Waals surface area (Å²) < 4.78 is 38.5. The van der Waals surface area contributed by atoms with Gasteiger partial charge in [0.2, 0.25) is 5.95 Å². The maximum absolute atomic E-state index is 12.8. The molecule has 1 aromatic carbocycles. The van der Waals surface area contributed by atoms with Crippen molar-refractivity contribution in [2.24, 2.45) is 0 Å². The number of hydrogen-bond acceptors (Lipinski definition) is 5. The first-order valence-electron chi connectivity index (χ1n) is 5.47. The predicted molar refractivity (Wildman–Crippen MR) is 70.9 cm³/mol. The molecule has 0 amide bonds. The average Bonchev–Trinajstić information content (AvgIpc) is 2.42. The first-order valence-corrected chi connectivity index (χ1v) is 5.85. The second kappa shape index (κ2) is 5.46. The summed E-state index contributed by atoms with van der Waals surface area (Å²) in [6.07, 6.45) is -3.42. The number of nitrogens with zero attached hydrogens (tertiary/aromatic N) is 3. The molecule has 0 saturated carbocycles. The van der Waals surface area contributed by atoms with Crippen LogP contribution in [0.1, 0.15) is 11.1 Å². The number of aromatic nitrogens is 2. The molecule has 0 bridgehead atoms. The fourth-order valence-electron chi connectivity index (χ4n) is 1.56. The van der Waals surface area contributed by atoms with Gasteiger partial charge in [-0.1, -0.05) is 11.6 Å². The van der Waals surface area contributed by atoms with E-state index in [-0.39, 0.29) is 22.5 Å². The van der Waals surface area contributed by atoms with Crippen molar-refractivity contribution in [3.05, 3.63) is 40.5 Å². The molecular weight excluding hydrogens is 307 g/mol. The lowest BCUT2D eigenvalue weighted by Crippen LogP contribution is -2.09. The second-order valence-corrected chi connectivity index (χ2v) is 4.33. The highest BCUT2D eigenvalue weighted by Crippen LogP contribution is 2.34. The van der Waals surface area contributed by atoms with Crippen molar-refractivity contribution in [1.29, 1.82) is 5.26 Å². The number of benzene rings is 1. The number of anilines is 3. The van der Waals surface area contributed by atoms with Crippen LogP contribution in [0, 0.1) is 11.3 Å². The Morgan fingerprint density at radius 3 is 2.67 bits per heavy atom. The summed E-state index contributed by atoms with van der Waals surface area (Å²) in [5, 5.41) is 11.4. The number of rotatable bonds is 2. The van der Waals surface area contributed by atoms with E-state index >= 15 is 0 Å². The van der Waals surface area contributed by atoms with Crippen molar-refractivity contribution < 1.29 is 13.2 Å². The molecule has 108 valence electrons. The molecule has 2 rings (SSSR count). The van der Waals surface area contributed by atoms with Crippen LogP contribution >= 0.6 is 11.6 Å².